The van der Waals surface area contributed by atoms with E-state index in [9.17, 15) is 38.8 Å². The lowest BCUT2D eigenvalue weighted by atomic mass is 9.99. The molecule has 0 heterocycles. The van der Waals surface area contributed by atoms with Gasteiger partial charge in [-0.05, 0) is 57.6 Å². The molecule has 8 atom stereocenters. The summed E-state index contributed by atoms with van der Waals surface area (Å²) in [5.41, 5.74) is 3.61. The summed E-state index contributed by atoms with van der Waals surface area (Å²) in [4.78, 5) is 27.7. The number of aliphatic hydroxyl groups excluding tert-OH is 4. The lowest BCUT2D eigenvalue weighted by Gasteiger charge is -2.32. The van der Waals surface area contributed by atoms with Gasteiger partial charge in [0.2, 0.25) is 0 Å². The number of nitrogens with one attached hydrogen (secondary N) is 2. The first-order chi connectivity index (χ1) is 24.1. The zero-order valence-corrected chi connectivity index (χ0v) is 26.9. The van der Waals surface area contributed by atoms with Gasteiger partial charge >= 0.3 is 0 Å². The molecule has 4 aromatic rings. The molecule has 0 unspecified atom stereocenters. The van der Waals surface area contributed by atoms with Crippen LogP contribution in [0.15, 0.2) is 97.1 Å². The van der Waals surface area contributed by atoms with Crippen LogP contribution < -0.4 is 10.6 Å². The predicted octanol–water partition coefficient (Wildman–Crippen LogP) is 2.71. The van der Waals surface area contributed by atoms with E-state index < -0.39 is 72.2 Å². The molecule has 10 nitrogen and oxygen atoms in total. The van der Waals surface area contributed by atoms with E-state index in [1.807, 2.05) is 12.1 Å². The Morgan fingerprint density at radius 1 is 0.640 bits per heavy atom. The Kier molecular flexibility index (Phi) is 11.0. The Morgan fingerprint density at radius 2 is 1.04 bits per heavy atom. The van der Waals surface area contributed by atoms with Crippen molar-refractivity contribution in [2.45, 2.75) is 74.8 Å². The molecule has 12 heteroatoms. The number of amides is 2. The van der Waals surface area contributed by atoms with Gasteiger partial charge in [0, 0.05) is 12.8 Å². The Hall–Kier alpha value is -4.56. The third-order valence-electron chi connectivity index (χ3n) is 9.13. The number of carbonyl (C=O) groups excluding carboxylic acids is 2. The van der Waals surface area contributed by atoms with Crippen molar-refractivity contribution in [1.82, 2.24) is 10.6 Å². The maximum atomic E-state index is 14.0. The number of carbonyl (C=O) groups is 2. The van der Waals surface area contributed by atoms with E-state index in [0.29, 0.717) is 22.3 Å². The van der Waals surface area contributed by atoms with Crippen molar-refractivity contribution >= 4 is 11.8 Å². The highest BCUT2D eigenvalue weighted by molar-refractivity contribution is 5.84. The molecule has 0 saturated carbocycles. The van der Waals surface area contributed by atoms with Crippen LogP contribution in [-0.2, 0) is 45.1 Å². The average molecular weight is 689 g/mol. The summed E-state index contributed by atoms with van der Waals surface area (Å²) in [6.07, 6.45) is -9.35. The SMILES string of the molecule is O=C(N[C@H]1c2ccccc2C[C@H]1O)[C@H](OCc1cccc(F)c1)[C@H](O)[C@@H](O)[C@@H](OCc1cccc(F)c1)C(=O)N[C@H]1c2ccccc2C[C@H]1O. The molecule has 0 saturated heterocycles. The number of halogens is 2. The van der Waals surface area contributed by atoms with Crippen molar-refractivity contribution in [2.75, 3.05) is 0 Å². The zero-order valence-electron chi connectivity index (χ0n) is 26.9. The van der Waals surface area contributed by atoms with E-state index in [2.05, 4.69) is 10.6 Å². The van der Waals surface area contributed by atoms with Gasteiger partial charge < -0.3 is 40.5 Å². The highest BCUT2D eigenvalue weighted by atomic mass is 19.1. The van der Waals surface area contributed by atoms with Crippen molar-refractivity contribution in [2.24, 2.45) is 0 Å². The predicted molar refractivity (Wildman–Crippen MR) is 176 cm³/mol. The zero-order chi connectivity index (χ0) is 35.4. The molecule has 0 spiro atoms. The van der Waals surface area contributed by atoms with Crippen molar-refractivity contribution in [3.8, 4) is 0 Å². The molecule has 262 valence electrons. The van der Waals surface area contributed by atoms with Gasteiger partial charge in [-0.1, -0.05) is 72.8 Å². The summed E-state index contributed by atoms with van der Waals surface area (Å²) < 4.78 is 39.6. The fourth-order valence-corrected chi connectivity index (χ4v) is 6.61. The molecule has 0 fully saturated rings. The lowest BCUT2D eigenvalue weighted by Crippen LogP contribution is -2.57. The molecule has 0 bridgehead atoms. The van der Waals surface area contributed by atoms with Crippen molar-refractivity contribution in [3.05, 3.63) is 142 Å². The number of benzene rings is 4. The number of rotatable bonds is 13. The van der Waals surface area contributed by atoms with E-state index in [-0.39, 0.29) is 26.1 Å². The average Bonchev–Trinajstić information content (AvgIpc) is 3.59. The van der Waals surface area contributed by atoms with Crippen LogP contribution >= 0.6 is 0 Å². The van der Waals surface area contributed by atoms with Gasteiger partial charge in [-0.3, -0.25) is 9.59 Å². The van der Waals surface area contributed by atoms with Crippen LogP contribution in [-0.4, -0.2) is 68.9 Å². The molecule has 4 aromatic carbocycles. The number of hydrogen-bond donors (Lipinski definition) is 6. The number of aliphatic hydroxyl groups is 4. The lowest BCUT2D eigenvalue weighted by molar-refractivity contribution is -0.171. The van der Waals surface area contributed by atoms with Gasteiger partial charge in [0.15, 0.2) is 12.2 Å². The minimum Gasteiger partial charge on any atom is -0.390 e. The fraction of sp³-hybridized carbons (Fsp3) is 0.316. The largest absolute Gasteiger partial charge is 0.390 e. The third-order valence-corrected chi connectivity index (χ3v) is 9.13. The highest BCUT2D eigenvalue weighted by Gasteiger charge is 2.44. The molecule has 50 heavy (non-hydrogen) atoms. The minimum atomic E-state index is -2.11. The van der Waals surface area contributed by atoms with Crippen LogP contribution in [0.2, 0.25) is 0 Å². The second kappa shape index (κ2) is 15.5. The number of fused-ring (bicyclic) bond motifs is 2. The van der Waals surface area contributed by atoms with Crippen LogP contribution in [0, 0.1) is 11.6 Å². The van der Waals surface area contributed by atoms with E-state index in [1.54, 1.807) is 48.5 Å². The van der Waals surface area contributed by atoms with Crippen LogP contribution in [0.25, 0.3) is 0 Å². The fourth-order valence-electron chi connectivity index (χ4n) is 6.61. The Morgan fingerprint density at radius 3 is 1.44 bits per heavy atom. The van der Waals surface area contributed by atoms with Gasteiger partial charge in [0.1, 0.15) is 23.8 Å². The third kappa shape index (κ3) is 7.91. The second-order valence-electron chi connectivity index (χ2n) is 12.6. The first-order valence-corrected chi connectivity index (χ1v) is 16.3. The molecule has 2 aliphatic carbocycles. The van der Waals surface area contributed by atoms with Gasteiger partial charge in [0.25, 0.3) is 11.8 Å². The Labute approximate surface area is 287 Å². The monoisotopic (exact) mass is 688 g/mol. The van der Waals surface area contributed by atoms with Crippen LogP contribution in [0.4, 0.5) is 8.78 Å². The Bertz CT molecular complexity index is 1690. The number of ether oxygens (including phenoxy) is 2. The van der Waals surface area contributed by atoms with Crippen LogP contribution in [0.1, 0.15) is 45.5 Å². The molecule has 2 amide bonds. The van der Waals surface area contributed by atoms with Crippen LogP contribution in [0.5, 0.6) is 0 Å². The van der Waals surface area contributed by atoms with E-state index in [1.165, 1.54) is 36.4 Å². The smallest absolute Gasteiger partial charge is 0.252 e. The molecular weight excluding hydrogens is 650 g/mol. The van der Waals surface area contributed by atoms with Gasteiger partial charge in [-0.15, -0.1) is 0 Å². The second-order valence-corrected chi connectivity index (χ2v) is 12.6. The highest BCUT2D eigenvalue weighted by Crippen LogP contribution is 2.33. The van der Waals surface area contributed by atoms with Crippen molar-refractivity contribution in [3.63, 3.8) is 0 Å². The Balaban J connectivity index is 1.27. The normalized spacial score (nSPS) is 21.8. The summed E-state index contributed by atoms with van der Waals surface area (Å²) >= 11 is 0. The topological polar surface area (TPSA) is 158 Å². The molecule has 2 aliphatic rings. The van der Waals surface area contributed by atoms with Crippen molar-refractivity contribution in [1.29, 1.82) is 0 Å². The van der Waals surface area contributed by atoms with Gasteiger partial charge in [0.05, 0.1) is 37.5 Å². The van der Waals surface area contributed by atoms with Crippen molar-refractivity contribution < 1.29 is 48.3 Å². The molecule has 0 radical (unpaired) electrons. The summed E-state index contributed by atoms with van der Waals surface area (Å²) in [6, 6.07) is 23.3. The summed E-state index contributed by atoms with van der Waals surface area (Å²) in [5.74, 6) is -2.95. The van der Waals surface area contributed by atoms with E-state index in [0.717, 1.165) is 11.1 Å². The maximum absolute atomic E-state index is 14.0. The molecule has 6 rings (SSSR count). The molecule has 6 N–H and O–H groups in total. The standard InChI is InChI=1S/C38H38F2N2O8/c39-25-11-5-7-21(15-25)19-49-35(37(47)41-31-27-13-3-1-9-23(27)17-29(31)43)33(45)34(46)36(50-20-22-8-6-12-26(40)16-22)38(48)42-32-28-14-4-2-10-24(28)18-30(32)44/h1-16,29-36,43-46H,17-20H2,(H,41,47)(H,42,48)/t29-,30-,31+,32+,33-,34-,35-,36-/m1/s1. The van der Waals surface area contributed by atoms with Crippen LogP contribution in [0.3, 0.4) is 0 Å². The molecule has 0 aromatic heterocycles. The van der Waals surface area contributed by atoms with E-state index in [4.69, 9.17) is 9.47 Å². The summed E-state index contributed by atoms with van der Waals surface area (Å²) in [6.45, 7) is -0.731. The molecule has 0 aliphatic heterocycles. The van der Waals surface area contributed by atoms with Gasteiger partial charge in [-0.2, -0.15) is 0 Å². The first kappa shape index (κ1) is 35.3. The maximum Gasteiger partial charge on any atom is 0.252 e. The minimum absolute atomic E-state index is 0.271. The summed E-state index contributed by atoms with van der Waals surface area (Å²) in [5, 5.41) is 50.2. The van der Waals surface area contributed by atoms with E-state index >= 15 is 0 Å². The summed E-state index contributed by atoms with van der Waals surface area (Å²) in [7, 11) is 0. The molecular formula is C38H38F2N2O8. The number of hydrogen-bond acceptors (Lipinski definition) is 8. The van der Waals surface area contributed by atoms with Gasteiger partial charge in [-0.25, -0.2) is 8.78 Å². The first-order valence-electron chi connectivity index (χ1n) is 16.3. The quantitative estimate of drug-likeness (QED) is 0.125.